The number of rotatable bonds is 4. The highest BCUT2D eigenvalue weighted by Crippen LogP contribution is 2.32. The van der Waals surface area contributed by atoms with Crippen LogP contribution in [0, 0.1) is 0 Å². The molecule has 0 aliphatic carbocycles. The largest absolute Gasteiger partial charge is 0.505 e. The molecule has 104 valence electrons. The molecular weight excluding hydrogens is 264 g/mol. The van der Waals surface area contributed by atoms with Crippen LogP contribution in [-0.2, 0) is 4.79 Å². The Labute approximate surface area is 113 Å². The van der Waals surface area contributed by atoms with E-state index in [1.807, 2.05) is 0 Å². The van der Waals surface area contributed by atoms with Crippen LogP contribution in [0.3, 0.4) is 0 Å². The van der Waals surface area contributed by atoms with Crippen LogP contribution < -0.4 is 10.1 Å². The smallest absolute Gasteiger partial charge is 0.322 e. The molecule has 20 heavy (non-hydrogen) atoms. The minimum absolute atomic E-state index is 0.230. The Morgan fingerprint density at radius 1 is 1.35 bits per heavy atom. The third kappa shape index (κ3) is 2.46. The molecule has 0 aliphatic rings. The van der Waals surface area contributed by atoms with Gasteiger partial charge in [-0.15, -0.1) is 0 Å². The van der Waals surface area contributed by atoms with Crippen LogP contribution in [-0.4, -0.2) is 40.7 Å². The van der Waals surface area contributed by atoms with Gasteiger partial charge in [0.05, 0.1) is 7.11 Å². The van der Waals surface area contributed by atoms with Crippen molar-refractivity contribution in [2.75, 3.05) is 13.7 Å². The number of carboxylic acids is 1. The second-order valence-corrected chi connectivity index (χ2v) is 3.95. The molecule has 2 aromatic rings. The fraction of sp³-hybridized carbons (Fsp3) is 0.154. The molecule has 1 heterocycles. The van der Waals surface area contributed by atoms with Gasteiger partial charge in [-0.1, -0.05) is 12.1 Å². The zero-order chi connectivity index (χ0) is 14.7. The van der Waals surface area contributed by atoms with E-state index in [4.69, 9.17) is 9.84 Å². The first kappa shape index (κ1) is 13.6. The number of pyridine rings is 1. The van der Waals surface area contributed by atoms with E-state index in [2.05, 4.69) is 10.3 Å². The fourth-order valence-corrected chi connectivity index (χ4v) is 1.79. The van der Waals surface area contributed by atoms with Gasteiger partial charge in [0, 0.05) is 17.0 Å². The highest BCUT2D eigenvalue weighted by molar-refractivity contribution is 6.03. The summed E-state index contributed by atoms with van der Waals surface area (Å²) in [5, 5.41) is 21.7. The summed E-state index contributed by atoms with van der Waals surface area (Å²) in [4.78, 5) is 26.0. The van der Waals surface area contributed by atoms with Crippen LogP contribution in [0.5, 0.6) is 11.5 Å². The van der Waals surface area contributed by atoms with Crippen LogP contribution in [0.15, 0.2) is 24.4 Å². The Hall–Kier alpha value is -2.83. The van der Waals surface area contributed by atoms with Crippen molar-refractivity contribution in [3.05, 3.63) is 30.1 Å². The quantitative estimate of drug-likeness (QED) is 0.760. The zero-order valence-corrected chi connectivity index (χ0v) is 10.6. The number of nitrogens with zero attached hydrogens (tertiary/aromatic N) is 1. The number of nitrogens with one attached hydrogen (secondary N) is 1. The van der Waals surface area contributed by atoms with Crippen LogP contribution in [0.2, 0.25) is 0 Å². The molecule has 0 fully saturated rings. The van der Waals surface area contributed by atoms with Crippen molar-refractivity contribution in [1.29, 1.82) is 0 Å². The molecule has 0 aliphatic heterocycles. The van der Waals surface area contributed by atoms with Crippen LogP contribution >= 0.6 is 0 Å². The van der Waals surface area contributed by atoms with Gasteiger partial charge in [-0.2, -0.15) is 0 Å². The van der Waals surface area contributed by atoms with Crippen molar-refractivity contribution in [1.82, 2.24) is 10.3 Å². The number of carbonyl (C=O) groups excluding carboxylic acids is 1. The monoisotopic (exact) mass is 276 g/mol. The van der Waals surface area contributed by atoms with Gasteiger partial charge in [0.25, 0.3) is 5.91 Å². The van der Waals surface area contributed by atoms with Gasteiger partial charge in [-0.3, -0.25) is 9.59 Å². The lowest BCUT2D eigenvalue weighted by molar-refractivity contribution is -0.135. The SMILES string of the molecule is COc1cccc2c(O)c(C(=O)NCC(=O)O)ncc12. The summed E-state index contributed by atoms with van der Waals surface area (Å²) in [5.41, 5.74) is -0.230. The number of aromatic hydroxyl groups is 1. The number of methoxy groups -OCH3 is 1. The maximum absolute atomic E-state index is 11.7. The summed E-state index contributed by atoms with van der Waals surface area (Å²) in [7, 11) is 1.49. The molecule has 0 radical (unpaired) electrons. The first-order valence-corrected chi connectivity index (χ1v) is 5.69. The maximum atomic E-state index is 11.7. The standard InChI is InChI=1S/C13H12N2O5/c1-20-9-4-2-3-7-8(9)5-14-11(12(7)18)13(19)15-6-10(16)17/h2-5,18H,6H2,1H3,(H,15,19)(H,16,17). The number of carboxylic acid groups (broad SMARTS) is 1. The van der Waals surface area contributed by atoms with Gasteiger partial charge >= 0.3 is 5.97 Å². The van der Waals surface area contributed by atoms with E-state index < -0.39 is 18.4 Å². The van der Waals surface area contributed by atoms with Gasteiger partial charge in [0.1, 0.15) is 12.3 Å². The molecule has 0 saturated carbocycles. The first-order chi connectivity index (χ1) is 9.54. The highest BCUT2D eigenvalue weighted by Gasteiger charge is 2.17. The molecule has 0 atom stereocenters. The van der Waals surface area contributed by atoms with Crippen molar-refractivity contribution >= 4 is 22.6 Å². The summed E-state index contributed by atoms with van der Waals surface area (Å²) in [6.45, 7) is -0.546. The summed E-state index contributed by atoms with van der Waals surface area (Å²) >= 11 is 0. The van der Waals surface area contributed by atoms with Gasteiger partial charge in [0.15, 0.2) is 11.4 Å². The molecule has 1 aromatic heterocycles. The molecule has 3 N–H and O–H groups in total. The van der Waals surface area contributed by atoms with Gasteiger partial charge in [0.2, 0.25) is 0 Å². The summed E-state index contributed by atoms with van der Waals surface area (Å²) in [5.74, 6) is -1.73. The third-order valence-electron chi connectivity index (χ3n) is 2.70. The van der Waals surface area contributed by atoms with Crippen molar-refractivity contribution in [3.8, 4) is 11.5 Å². The predicted octanol–water partition coefficient (Wildman–Crippen LogP) is 0.763. The molecular formula is C13H12N2O5. The molecule has 7 heteroatoms. The van der Waals surface area contributed by atoms with E-state index in [9.17, 15) is 14.7 Å². The zero-order valence-electron chi connectivity index (χ0n) is 10.6. The first-order valence-electron chi connectivity index (χ1n) is 5.69. The van der Waals surface area contributed by atoms with Crippen LogP contribution in [0.1, 0.15) is 10.5 Å². The lowest BCUT2D eigenvalue weighted by atomic mass is 10.1. The second-order valence-electron chi connectivity index (χ2n) is 3.95. The topological polar surface area (TPSA) is 109 Å². The number of carbonyl (C=O) groups is 2. The van der Waals surface area contributed by atoms with Gasteiger partial charge in [-0.05, 0) is 6.07 Å². The lowest BCUT2D eigenvalue weighted by Crippen LogP contribution is -2.29. The molecule has 2 rings (SSSR count). The number of aliphatic carboxylic acids is 1. The summed E-state index contributed by atoms with van der Waals surface area (Å²) < 4.78 is 5.13. The van der Waals surface area contributed by atoms with Gasteiger partial charge in [-0.25, -0.2) is 4.98 Å². The molecule has 7 nitrogen and oxygen atoms in total. The number of benzene rings is 1. The predicted molar refractivity (Wildman–Crippen MR) is 69.9 cm³/mol. The summed E-state index contributed by atoms with van der Waals surface area (Å²) in [6.07, 6.45) is 1.39. The third-order valence-corrected chi connectivity index (χ3v) is 2.70. The van der Waals surface area contributed by atoms with Crippen molar-refractivity contribution in [3.63, 3.8) is 0 Å². The summed E-state index contributed by atoms with van der Waals surface area (Å²) in [6, 6.07) is 4.98. The van der Waals surface area contributed by atoms with Crippen molar-refractivity contribution in [2.24, 2.45) is 0 Å². The molecule has 0 saturated heterocycles. The minimum atomic E-state index is -1.18. The van der Waals surface area contributed by atoms with Gasteiger partial charge < -0.3 is 20.3 Å². The number of hydrogen-bond donors (Lipinski definition) is 3. The molecule has 1 amide bonds. The number of amides is 1. The van der Waals surface area contributed by atoms with E-state index in [0.29, 0.717) is 16.5 Å². The lowest BCUT2D eigenvalue weighted by Gasteiger charge is -2.09. The minimum Gasteiger partial charge on any atom is -0.505 e. The second kappa shape index (κ2) is 5.43. The number of ether oxygens (including phenoxy) is 1. The number of fused-ring (bicyclic) bond motifs is 1. The van der Waals surface area contributed by atoms with E-state index >= 15 is 0 Å². The average Bonchev–Trinajstić information content (AvgIpc) is 2.44. The normalized spacial score (nSPS) is 10.2. The van der Waals surface area contributed by atoms with Crippen LogP contribution in [0.4, 0.5) is 0 Å². The maximum Gasteiger partial charge on any atom is 0.322 e. The Balaban J connectivity index is 2.44. The highest BCUT2D eigenvalue weighted by atomic mass is 16.5. The van der Waals surface area contributed by atoms with Crippen molar-refractivity contribution < 1.29 is 24.5 Å². The van der Waals surface area contributed by atoms with E-state index in [0.717, 1.165) is 0 Å². The molecule has 0 bridgehead atoms. The molecule has 1 aromatic carbocycles. The average molecular weight is 276 g/mol. The number of aromatic nitrogens is 1. The molecule has 0 unspecified atom stereocenters. The van der Waals surface area contributed by atoms with E-state index in [-0.39, 0.29) is 11.4 Å². The Bertz CT molecular complexity index is 684. The fourth-order valence-electron chi connectivity index (χ4n) is 1.79. The number of hydrogen-bond acceptors (Lipinski definition) is 5. The Morgan fingerprint density at radius 3 is 2.75 bits per heavy atom. The van der Waals surface area contributed by atoms with Crippen molar-refractivity contribution in [2.45, 2.75) is 0 Å². The van der Waals surface area contributed by atoms with Crippen LogP contribution in [0.25, 0.3) is 10.8 Å². The van der Waals surface area contributed by atoms with E-state index in [1.165, 1.54) is 13.3 Å². The van der Waals surface area contributed by atoms with E-state index in [1.54, 1.807) is 18.2 Å². The Kier molecular flexibility index (Phi) is 3.69. The molecule has 0 spiro atoms. The Morgan fingerprint density at radius 2 is 2.10 bits per heavy atom.